The van der Waals surface area contributed by atoms with E-state index in [0.717, 1.165) is 0 Å². The molecule has 0 aliphatic rings. The molecule has 0 fully saturated rings. The quantitative estimate of drug-likeness (QED) is 0.640. The standard InChI is InChI=1S/C12H14N6O2/c1-6-7(10(19)14-2)4-3-5-8(6)15-11(20)9-16-12(13)18-17-9/h3-5H,1-2H3,(H,14,19)(H,15,20)(H3,13,16,17,18). The van der Waals surface area contributed by atoms with Crippen molar-refractivity contribution in [3.8, 4) is 0 Å². The van der Waals surface area contributed by atoms with E-state index in [1.807, 2.05) is 0 Å². The summed E-state index contributed by atoms with van der Waals surface area (Å²) in [5, 5.41) is 11.2. The maximum atomic E-state index is 11.9. The van der Waals surface area contributed by atoms with Gasteiger partial charge in [0.15, 0.2) is 0 Å². The number of nitrogens with one attached hydrogen (secondary N) is 3. The molecule has 104 valence electrons. The van der Waals surface area contributed by atoms with Gasteiger partial charge in [0, 0.05) is 18.3 Å². The molecule has 8 nitrogen and oxygen atoms in total. The number of nitrogen functional groups attached to an aromatic ring is 1. The van der Waals surface area contributed by atoms with Crippen molar-refractivity contribution < 1.29 is 9.59 Å². The van der Waals surface area contributed by atoms with E-state index in [4.69, 9.17) is 5.73 Å². The lowest BCUT2D eigenvalue weighted by atomic mass is 10.1. The van der Waals surface area contributed by atoms with Crippen LogP contribution in [0.25, 0.3) is 0 Å². The second kappa shape index (κ2) is 5.39. The second-order valence-corrected chi connectivity index (χ2v) is 4.05. The van der Waals surface area contributed by atoms with Crippen LogP contribution in [0.3, 0.4) is 0 Å². The number of amides is 2. The lowest BCUT2D eigenvalue weighted by Gasteiger charge is -2.10. The van der Waals surface area contributed by atoms with Crippen molar-refractivity contribution in [3.05, 3.63) is 35.2 Å². The number of hydrogen-bond donors (Lipinski definition) is 4. The lowest BCUT2D eigenvalue weighted by Crippen LogP contribution is -2.20. The predicted octanol–water partition coefficient (Wildman–Crippen LogP) is 0.307. The lowest BCUT2D eigenvalue weighted by molar-refractivity contribution is 0.0960. The molecule has 0 saturated heterocycles. The zero-order chi connectivity index (χ0) is 14.7. The summed E-state index contributed by atoms with van der Waals surface area (Å²) in [5.74, 6) is -0.702. The molecule has 1 heterocycles. The summed E-state index contributed by atoms with van der Waals surface area (Å²) in [7, 11) is 1.55. The number of aromatic nitrogens is 3. The number of nitrogens with zero attached hydrogens (tertiary/aromatic N) is 2. The van der Waals surface area contributed by atoms with E-state index in [0.29, 0.717) is 16.8 Å². The Labute approximate surface area is 114 Å². The number of carbonyl (C=O) groups excluding carboxylic acids is 2. The van der Waals surface area contributed by atoms with Crippen molar-refractivity contribution in [3.63, 3.8) is 0 Å². The fourth-order valence-corrected chi connectivity index (χ4v) is 1.71. The van der Waals surface area contributed by atoms with Gasteiger partial charge in [-0.25, -0.2) is 0 Å². The first-order valence-electron chi connectivity index (χ1n) is 5.84. The van der Waals surface area contributed by atoms with Crippen LogP contribution in [-0.2, 0) is 0 Å². The number of rotatable bonds is 3. The molecule has 0 atom stereocenters. The SMILES string of the molecule is CNC(=O)c1cccc(NC(=O)c2nc(N)n[nH]2)c1C. The minimum absolute atomic E-state index is 0.00671. The summed E-state index contributed by atoms with van der Waals surface area (Å²) >= 11 is 0. The molecular weight excluding hydrogens is 260 g/mol. The molecule has 0 radical (unpaired) electrons. The molecule has 2 aromatic rings. The number of H-pyrrole nitrogens is 1. The van der Waals surface area contributed by atoms with Crippen LogP contribution in [0.1, 0.15) is 26.5 Å². The molecule has 2 rings (SSSR count). The molecule has 0 saturated carbocycles. The molecular formula is C12H14N6O2. The van der Waals surface area contributed by atoms with Crippen molar-refractivity contribution >= 4 is 23.5 Å². The van der Waals surface area contributed by atoms with Crippen LogP contribution in [0.4, 0.5) is 11.6 Å². The van der Waals surface area contributed by atoms with Crippen LogP contribution in [-0.4, -0.2) is 34.0 Å². The van der Waals surface area contributed by atoms with Crippen LogP contribution in [0.5, 0.6) is 0 Å². The number of aromatic amines is 1. The molecule has 5 N–H and O–H groups in total. The van der Waals surface area contributed by atoms with E-state index < -0.39 is 5.91 Å². The molecule has 2 amide bonds. The van der Waals surface area contributed by atoms with Crippen LogP contribution in [0.15, 0.2) is 18.2 Å². The van der Waals surface area contributed by atoms with Gasteiger partial charge in [-0.2, -0.15) is 4.98 Å². The Kier molecular flexibility index (Phi) is 3.65. The highest BCUT2D eigenvalue weighted by Crippen LogP contribution is 2.19. The monoisotopic (exact) mass is 274 g/mol. The molecule has 8 heteroatoms. The van der Waals surface area contributed by atoms with Crippen LogP contribution >= 0.6 is 0 Å². The third-order valence-corrected chi connectivity index (χ3v) is 2.77. The van der Waals surface area contributed by atoms with Crippen LogP contribution in [0, 0.1) is 6.92 Å². The second-order valence-electron chi connectivity index (χ2n) is 4.05. The maximum Gasteiger partial charge on any atom is 0.293 e. The van der Waals surface area contributed by atoms with Gasteiger partial charge < -0.3 is 16.4 Å². The first-order chi connectivity index (χ1) is 9.52. The van der Waals surface area contributed by atoms with Crippen molar-refractivity contribution in [1.82, 2.24) is 20.5 Å². The van der Waals surface area contributed by atoms with Crippen molar-refractivity contribution in [2.75, 3.05) is 18.1 Å². The molecule has 0 unspecified atom stereocenters. The third kappa shape index (κ3) is 2.58. The van der Waals surface area contributed by atoms with Gasteiger partial charge in [-0.15, -0.1) is 5.10 Å². The van der Waals surface area contributed by atoms with Crippen LogP contribution in [0.2, 0.25) is 0 Å². The Balaban J connectivity index is 2.26. The Hall–Kier alpha value is -2.90. The van der Waals surface area contributed by atoms with Gasteiger partial charge >= 0.3 is 0 Å². The highest BCUT2D eigenvalue weighted by molar-refractivity contribution is 6.04. The molecule has 0 aliphatic carbocycles. The predicted molar refractivity (Wildman–Crippen MR) is 73.3 cm³/mol. The van der Waals surface area contributed by atoms with Gasteiger partial charge in [0.1, 0.15) is 0 Å². The third-order valence-electron chi connectivity index (χ3n) is 2.77. The highest BCUT2D eigenvalue weighted by Gasteiger charge is 2.15. The van der Waals surface area contributed by atoms with Gasteiger partial charge in [-0.05, 0) is 24.6 Å². The average Bonchev–Trinajstić information content (AvgIpc) is 2.87. The smallest absolute Gasteiger partial charge is 0.293 e. The van der Waals surface area contributed by atoms with E-state index in [1.165, 1.54) is 0 Å². The summed E-state index contributed by atoms with van der Waals surface area (Å²) in [6.07, 6.45) is 0. The summed E-state index contributed by atoms with van der Waals surface area (Å²) < 4.78 is 0. The van der Waals surface area contributed by atoms with E-state index in [2.05, 4.69) is 25.8 Å². The number of hydrogen-bond acceptors (Lipinski definition) is 5. The van der Waals surface area contributed by atoms with E-state index in [9.17, 15) is 9.59 Å². The number of carbonyl (C=O) groups is 2. The van der Waals surface area contributed by atoms with Crippen molar-refractivity contribution in [1.29, 1.82) is 0 Å². The fourth-order valence-electron chi connectivity index (χ4n) is 1.71. The van der Waals surface area contributed by atoms with Gasteiger partial charge in [0.05, 0.1) is 0 Å². The normalized spacial score (nSPS) is 10.1. The van der Waals surface area contributed by atoms with E-state index in [1.54, 1.807) is 32.2 Å². The van der Waals surface area contributed by atoms with Gasteiger partial charge in [0.25, 0.3) is 11.8 Å². The Morgan fingerprint density at radius 2 is 2.05 bits per heavy atom. The summed E-state index contributed by atoms with van der Waals surface area (Å²) in [6.45, 7) is 1.74. The maximum absolute atomic E-state index is 11.9. The number of nitrogens with two attached hydrogens (primary N) is 1. The topological polar surface area (TPSA) is 126 Å². The molecule has 0 spiro atoms. The Morgan fingerprint density at radius 3 is 2.65 bits per heavy atom. The molecule has 1 aromatic heterocycles. The molecule has 0 bridgehead atoms. The zero-order valence-electron chi connectivity index (χ0n) is 11.0. The number of benzene rings is 1. The summed E-state index contributed by atoms with van der Waals surface area (Å²) in [6, 6.07) is 5.05. The van der Waals surface area contributed by atoms with Crippen LogP contribution < -0.4 is 16.4 Å². The van der Waals surface area contributed by atoms with Gasteiger partial charge in [-0.3, -0.25) is 14.7 Å². The Bertz CT molecular complexity index is 664. The highest BCUT2D eigenvalue weighted by atomic mass is 16.2. The minimum Gasteiger partial charge on any atom is -0.366 e. The molecule has 1 aromatic carbocycles. The van der Waals surface area contributed by atoms with Crippen molar-refractivity contribution in [2.45, 2.75) is 6.92 Å². The average molecular weight is 274 g/mol. The number of anilines is 2. The first kappa shape index (κ1) is 13.5. The molecule has 20 heavy (non-hydrogen) atoms. The largest absolute Gasteiger partial charge is 0.366 e. The summed E-state index contributed by atoms with van der Waals surface area (Å²) in [5.41, 5.74) is 7.00. The minimum atomic E-state index is -0.480. The van der Waals surface area contributed by atoms with Crippen molar-refractivity contribution in [2.24, 2.45) is 0 Å². The first-order valence-corrected chi connectivity index (χ1v) is 5.84. The zero-order valence-corrected chi connectivity index (χ0v) is 11.0. The fraction of sp³-hybridized carbons (Fsp3) is 0.167. The Morgan fingerprint density at radius 1 is 1.30 bits per heavy atom. The van der Waals surface area contributed by atoms with E-state index in [-0.39, 0.29) is 17.7 Å². The summed E-state index contributed by atoms with van der Waals surface area (Å²) in [4.78, 5) is 27.3. The van der Waals surface area contributed by atoms with Gasteiger partial charge in [-0.1, -0.05) is 6.07 Å². The van der Waals surface area contributed by atoms with Gasteiger partial charge in [0.2, 0.25) is 11.8 Å². The molecule has 0 aliphatic heterocycles. The van der Waals surface area contributed by atoms with E-state index >= 15 is 0 Å².